The van der Waals surface area contributed by atoms with E-state index in [1.165, 1.54) is 0 Å². The van der Waals surface area contributed by atoms with Gasteiger partial charge in [-0.15, -0.1) is 0 Å². The van der Waals surface area contributed by atoms with E-state index in [4.69, 9.17) is 10.00 Å². The molecule has 1 rings (SSSR count). The highest BCUT2D eigenvalue weighted by atomic mass is 32.2. The molecule has 0 aromatic heterocycles. The van der Waals surface area contributed by atoms with Crippen LogP contribution in [0, 0.1) is 11.3 Å². The van der Waals surface area contributed by atoms with Crippen molar-refractivity contribution in [1.29, 1.82) is 5.26 Å². The fraction of sp³-hybridized carbons (Fsp3) is 0.417. The minimum absolute atomic E-state index is 0.163. The molecular formula is C12H16N2OS. The van der Waals surface area contributed by atoms with E-state index in [9.17, 15) is 0 Å². The Labute approximate surface area is 101 Å². The first-order valence-corrected chi connectivity index (χ1v) is 6.49. The van der Waals surface area contributed by atoms with Crippen molar-refractivity contribution in [2.75, 3.05) is 24.4 Å². The second-order valence-electron chi connectivity index (χ2n) is 3.31. The predicted octanol–water partition coefficient (Wildman–Crippen LogP) is 2.75. The van der Waals surface area contributed by atoms with Gasteiger partial charge in [0.25, 0.3) is 0 Å². The number of hydrogen-bond acceptors (Lipinski definition) is 4. The van der Waals surface area contributed by atoms with Crippen LogP contribution in [0.5, 0.6) is 5.75 Å². The maximum atomic E-state index is 9.01. The van der Waals surface area contributed by atoms with Crippen LogP contribution in [0.15, 0.2) is 24.3 Å². The SMILES string of the molecule is COc1ccccc1NC(C#N)CCSC. The Hall–Kier alpha value is -1.34. The Balaban J connectivity index is 2.66. The zero-order valence-electron chi connectivity index (χ0n) is 9.56. The molecule has 3 nitrogen and oxygen atoms in total. The normalized spacial score (nSPS) is 11.6. The number of thioether (sulfide) groups is 1. The van der Waals surface area contributed by atoms with Gasteiger partial charge in [-0.2, -0.15) is 17.0 Å². The molecule has 0 bridgehead atoms. The van der Waals surface area contributed by atoms with Crippen LogP contribution in [0.1, 0.15) is 6.42 Å². The first-order chi connectivity index (χ1) is 7.81. The van der Waals surface area contributed by atoms with Crippen LogP contribution in [-0.4, -0.2) is 25.2 Å². The molecule has 86 valence electrons. The lowest BCUT2D eigenvalue weighted by Crippen LogP contribution is -2.18. The van der Waals surface area contributed by atoms with E-state index >= 15 is 0 Å². The van der Waals surface area contributed by atoms with Crippen molar-refractivity contribution in [3.05, 3.63) is 24.3 Å². The third kappa shape index (κ3) is 3.67. The largest absolute Gasteiger partial charge is 0.495 e. The van der Waals surface area contributed by atoms with Crippen LogP contribution in [0.3, 0.4) is 0 Å². The summed E-state index contributed by atoms with van der Waals surface area (Å²) >= 11 is 1.74. The zero-order chi connectivity index (χ0) is 11.8. The van der Waals surface area contributed by atoms with Crippen LogP contribution in [-0.2, 0) is 0 Å². The van der Waals surface area contributed by atoms with Crippen molar-refractivity contribution in [3.63, 3.8) is 0 Å². The average Bonchev–Trinajstić information content (AvgIpc) is 2.34. The van der Waals surface area contributed by atoms with E-state index in [0.29, 0.717) is 0 Å². The van der Waals surface area contributed by atoms with Gasteiger partial charge in [-0.3, -0.25) is 0 Å². The zero-order valence-corrected chi connectivity index (χ0v) is 10.4. The van der Waals surface area contributed by atoms with E-state index in [0.717, 1.165) is 23.6 Å². The molecule has 1 aromatic carbocycles. The van der Waals surface area contributed by atoms with E-state index in [-0.39, 0.29) is 6.04 Å². The van der Waals surface area contributed by atoms with Gasteiger partial charge in [0.1, 0.15) is 11.8 Å². The smallest absolute Gasteiger partial charge is 0.141 e. The van der Waals surface area contributed by atoms with Gasteiger partial charge in [0.05, 0.1) is 18.9 Å². The third-order valence-electron chi connectivity index (χ3n) is 2.20. The van der Waals surface area contributed by atoms with Gasteiger partial charge in [-0.05, 0) is 30.6 Å². The van der Waals surface area contributed by atoms with Gasteiger partial charge in [-0.1, -0.05) is 12.1 Å². The predicted molar refractivity (Wildman–Crippen MR) is 69.0 cm³/mol. The number of rotatable bonds is 6. The second-order valence-corrected chi connectivity index (χ2v) is 4.29. The summed E-state index contributed by atoms with van der Waals surface area (Å²) in [5, 5.41) is 12.2. The summed E-state index contributed by atoms with van der Waals surface area (Å²) in [5.74, 6) is 1.74. The second kappa shape index (κ2) is 7.02. The molecule has 0 aliphatic heterocycles. The molecule has 1 unspecified atom stereocenters. The Morgan fingerprint density at radius 1 is 1.50 bits per heavy atom. The molecule has 0 amide bonds. The number of benzene rings is 1. The van der Waals surface area contributed by atoms with Crippen molar-refractivity contribution in [2.45, 2.75) is 12.5 Å². The van der Waals surface area contributed by atoms with Gasteiger partial charge >= 0.3 is 0 Å². The van der Waals surface area contributed by atoms with Crippen LogP contribution in [0.2, 0.25) is 0 Å². The van der Waals surface area contributed by atoms with Crippen LogP contribution in [0.4, 0.5) is 5.69 Å². The molecular weight excluding hydrogens is 220 g/mol. The minimum atomic E-state index is -0.163. The third-order valence-corrected chi connectivity index (χ3v) is 2.85. The molecule has 1 atom stereocenters. The quantitative estimate of drug-likeness (QED) is 0.825. The summed E-state index contributed by atoms with van der Waals surface area (Å²) in [4.78, 5) is 0. The summed E-state index contributed by atoms with van der Waals surface area (Å²) in [6, 6.07) is 9.73. The molecule has 0 radical (unpaired) electrons. The molecule has 1 N–H and O–H groups in total. The van der Waals surface area contributed by atoms with E-state index in [2.05, 4.69) is 11.4 Å². The first kappa shape index (κ1) is 12.7. The molecule has 16 heavy (non-hydrogen) atoms. The highest BCUT2D eigenvalue weighted by Crippen LogP contribution is 2.24. The molecule has 0 saturated heterocycles. The van der Waals surface area contributed by atoms with E-state index in [1.807, 2.05) is 30.5 Å². The lowest BCUT2D eigenvalue weighted by Gasteiger charge is -2.14. The summed E-state index contributed by atoms with van der Waals surface area (Å²) in [5.41, 5.74) is 0.873. The number of ether oxygens (including phenoxy) is 1. The molecule has 0 heterocycles. The number of hydrogen-bond donors (Lipinski definition) is 1. The van der Waals surface area contributed by atoms with Crippen molar-refractivity contribution < 1.29 is 4.74 Å². The topological polar surface area (TPSA) is 45.0 Å². The van der Waals surface area contributed by atoms with Gasteiger partial charge in [0, 0.05) is 0 Å². The maximum Gasteiger partial charge on any atom is 0.141 e. The number of methoxy groups -OCH3 is 1. The van der Waals surface area contributed by atoms with Crippen molar-refractivity contribution in [3.8, 4) is 11.8 Å². The fourth-order valence-electron chi connectivity index (χ4n) is 1.36. The van der Waals surface area contributed by atoms with Gasteiger partial charge in [0.15, 0.2) is 0 Å². The van der Waals surface area contributed by atoms with Crippen molar-refractivity contribution in [1.82, 2.24) is 0 Å². The highest BCUT2D eigenvalue weighted by molar-refractivity contribution is 7.98. The van der Waals surface area contributed by atoms with Crippen LogP contribution < -0.4 is 10.1 Å². The number of nitriles is 1. The maximum absolute atomic E-state index is 9.01. The number of nitrogens with zero attached hydrogens (tertiary/aromatic N) is 1. The molecule has 0 aliphatic carbocycles. The summed E-state index contributed by atoms with van der Waals surface area (Å²) in [6.45, 7) is 0. The standard InChI is InChI=1S/C12H16N2OS/c1-15-12-6-4-3-5-11(12)14-10(9-13)7-8-16-2/h3-6,10,14H,7-8H2,1-2H3. The summed E-state index contributed by atoms with van der Waals surface area (Å²) in [6.07, 6.45) is 2.87. The lowest BCUT2D eigenvalue weighted by molar-refractivity contribution is 0.416. The van der Waals surface area contributed by atoms with Gasteiger partial charge in [0.2, 0.25) is 0 Å². The Bertz CT molecular complexity index is 362. The number of anilines is 1. The first-order valence-electron chi connectivity index (χ1n) is 5.10. The fourth-order valence-corrected chi connectivity index (χ4v) is 1.83. The number of nitrogens with one attached hydrogen (secondary N) is 1. The summed E-state index contributed by atoms with van der Waals surface area (Å²) < 4.78 is 5.22. The minimum Gasteiger partial charge on any atom is -0.495 e. The Morgan fingerprint density at radius 2 is 2.25 bits per heavy atom. The molecule has 0 saturated carbocycles. The van der Waals surface area contributed by atoms with Crippen molar-refractivity contribution >= 4 is 17.4 Å². The average molecular weight is 236 g/mol. The molecule has 0 fully saturated rings. The number of para-hydroxylation sites is 2. The van der Waals surface area contributed by atoms with E-state index < -0.39 is 0 Å². The van der Waals surface area contributed by atoms with Crippen LogP contribution >= 0.6 is 11.8 Å². The monoisotopic (exact) mass is 236 g/mol. The van der Waals surface area contributed by atoms with Gasteiger partial charge in [-0.25, -0.2) is 0 Å². The van der Waals surface area contributed by atoms with Crippen LogP contribution in [0.25, 0.3) is 0 Å². The molecule has 0 aliphatic rings. The van der Waals surface area contributed by atoms with E-state index in [1.54, 1.807) is 18.9 Å². The highest BCUT2D eigenvalue weighted by Gasteiger charge is 2.09. The lowest BCUT2D eigenvalue weighted by atomic mass is 10.2. The molecule has 0 spiro atoms. The Kier molecular flexibility index (Phi) is 5.58. The molecule has 4 heteroatoms. The summed E-state index contributed by atoms with van der Waals surface area (Å²) in [7, 11) is 1.63. The van der Waals surface area contributed by atoms with Crippen molar-refractivity contribution in [2.24, 2.45) is 0 Å². The Morgan fingerprint density at radius 3 is 2.88 bits per heavy atom. The molecule has 1 aromatic rings. The van der Waals surface area contributed by atoms with Gasteiger partial charge < -0.3 is 10.1 Å².